The quantitative estimate of drug-likeness (QED) is 0.917. The third-order valence-corrected chi connectivity index (χ3v) is 5.31. The van der Waals surface area contributed by atoms with Gasteiger partial charge in [-0.05, 0) is 25.8 Å². The lowest BCUT2D eigenvalue weighted by molar-refractivity contribution is 0.181. The first-order chi connectivity index (χ1) is 9.11. The number of hydrogen-bond acceptors (Lipinski definition) is 3. The van der Waals surface area contributed by atoms with Crippen LogP contribution in [0.3, 0.4) is 0 Å². The first kappa shape index (κ1) is 14.9. The molecule has 3 atom stereocenters. The van der Waals surface area contributed by atoms with Crippen LogP contribution in [0.4, 0.5) is 0 Å². The van der Waals surface area contributed by atoms with E-state index in [1.807, 2.05) is 0 Å². The van der Waals surface area contributed by atoms with Gasteiger partial charge >= 0.3 is 0 Å². The van der Waals surface area contributed by atoms with Crippen LogP contribution in [-0.2, 0) is 0 Å². The Kier molecular flexibility index (Phi) is 5.31. The minimum atomic E-state index is 0.170. The Labute approximate surface area is 121 Å². The second-order valence-corrected chi connectivity index (χ2v) is 7.02. The average Bonchev–Trinajstić information content (AvgIpc) is 2.41. The number of aryl methyl sites for hydroxylation is 1. The standard InChI is InChI=1S/C16H26N2S/c1-4-15-11-18(9-10-19-15)16(13(3)17)14-7-5-12(2)6-8-14/h5-8,13,15-16H,4,9-11,17H2,1-3H3. The largest absolute Gasteiger partial charge is 0.326 e. The van der Waals surface area contributed by atoms with Crippen molar-refractivity contribution in [3.63, 3.8) is 0 Å². The molecule has 0 aromatic heterocycles. The average molecular weight is 278 g/mol. The fourth-order valence-electron chi connectivity index (χ4n) is 2.85. The Hall–Kier alpha value is -0.510. The van der Waals surface area contributed by atoms with Gasteiger partial charge in [-0.25, -0.2) is 0 Å². The molecule has 0 saturated carbocycles. The highest BCUT2D eigenvalue weighted by molar-refractivity contribution is 8.00. The van der Waals surface area contributed by atoms with Crippen molar-refractivity contribution >= 4 is 11.8 Å². The van der Waals surface area contributed by atoms with Gasteiger partial charge in [0.15, 0.2) is 0 Å². The molecule has 0 amide bonds. The van der Waals surface area contributed by atoms with Crippen molar-refractivity contribution in [2.45, 2.75) is 44.5 Å². The van der Waals surface area contributed by atoms with E-state index in [1.54, 1.807) is 0 Å². The highest BCUT2D eigenvalue weighted by atomic mass is 32.2. The van der Waals surface area contributed by atoms with Crippen molar-refractivity contribution in [1.82, 2.24) is 4.90 Å². The van der Waals surface area contributed by atoms with Gasteiger partial charge in [-0.3, -0.25) is 4.90 Å². The van der Waals surface area contributed by atoms with Crippen molar-refractivity contribution in [3.05, 3.63) is 35.4 Å². The number of benzene rings is 1. The summed E-state index contributed by atoms with van der Waals surface area (Å²) in [5.74, 6) is 1.23. The number of rotatable bonds is 4. The lowest BCUT2D eigenvalue weighted by atomic mass is 9.97. The molecule has 2 N–H and O–H groups in total. The Morgan fingerprint density at radius 2 is 2.05 bits per heavy atom. The molecule has 1 fully saturated rings. The van der Waals surface area contributed by atoms with Gasteiger partial charge in [-0.15, -0.1) is 0 Å². The van der Waals surface area contributed by atoms with Gasteiger partial charge in [0.2, 0.25) is 0 Å². The third kappa shape index (κ3) is 3.74. The molecular weight excluding hydrogens is 252 g/mol. The molecule has 2 rings (SSSR count). The zero-order chi connectivity index (χ0) is 13.8. The fraction of sp³-hybridized carbons (Fsp3) is 0.625. The molecule has 3 unspecified atom stereocenters. The Morgan fingerprint density at radius 1 is 1.37 bits per heavy atom. The topological polar surface area (TPSA) is 29.3 Å². The van der Waals surface area contributed by atoms with E-state index in [2.05, 4.69) is 61.7 Å². The maximum atomic E-state index is 6.28. The summed E-state index contributed by atoms with van der Waals surface area (Å²) in [5.41, 5.74) is 8.95. The molecule has 2 nitrogen and oxygen atoms in total. The minimum Gasteiger partial charge on any atom is -0.326 e. The number of nitrogens with two attached hydrogens (primary N) is 1. The van der Waals surface area contributed by atoms with Crippen LogP contribution >= 0.6 is 11.8 Å². The summed E-state index contributed by atoms with van der Waals surface area (Å²) in [5, 5.41) is 0.764. The second-order valence-electron chi connectivity index (χ2n) is 5.61. The van der Waals surface area contributed by atoms with Gasteiger partial charge in [-0.2, -0.15) is 11.8 Å². The van der Waals surface area contributed by atoms with Crippen LogP contribution in [0.15, 0.2) is 24.3 Å². The van der Waals surface area contributed by atoms with Gasteiger partial charge in [-0.1, -0.05) is 36.8 Å². The molecule has 1 heterocycles. The summed E-state index contributed by atoms with van der Waals surface area (Å²) in [6.45, 7) is 8.87. The van der Waals surface area contributed by atoms with E-state index in [9.17, 15) is 0 Å². The van der Waals surface area contributed by atoms with Crippen LogP contribution in [0.2, 0.25) is 0 Å². The predicted molar refractivity (Wildman–Crippen MR) is 85.7 cm³/mol. The van der Waals surface area contributed by atoms with Gasteiger partial charge in [0.25, 0.3) is 0 Å². The molecule has 1 aromatic rings. The first-order valence-corrected chi connectivity index (χ1v) is 8.34. The Bertz CT molecular complexity index is 388. The molecule has 0 radical (unpaired) electrons. The SMILES string of the molecule is CCC1CN(C(c2ccc(C)cc2)C(C)N)CCS1. The van der Waals surface area contributed by atoms with E-state index in [-0.39, 0.29) is 6.04 Å². The summed E-state index contributed by atoms with van der Waals surface area (Å²) < 4.78 is 0. The molecule has 3 heteroatoms. The van der Waals surface area contributed by atoms with Gasteiger partial charge in [0, 0.05) is 36.2 Å². The van der Waals surface area contributed by atoms with Crippen LogP contribution in [-0.4, -0.2) is 35.0 Å². The lowest BCUT2D eigenvalue weighted by Crippen LogP contribution is -2.46. The second kappa shape index (κ2) is 6.78. The monoisotopic (exact) mass is 278 g/mol. The molecule has 106 valence electrons. The molecule has 1 aromatic carbocycles. The van der Waals surface area contributed by atoms with Crippen LogP contribution in [0, 0.1) is 6.92 Å². The molecular formula is C16H26N2S. The van der Waals surface area contributed by atoms with E-state index < -0.39 is 0 Å². The first-order valence-electron chi connectivity index (χ1n) is 7.29. The third-order valence-electron chi connectivity index (χ3n) is 3.94. The molecule has 1 saturated heterocycles. The highest BCUT2D eigenvalue weighted by Gasteiger charge is 2.28. The van der Waals surface area contributed by atoms with Crippen LogP contribution in [0.5, 0.6) is 0 Å². The van der Waals surface area contributed by atoms with Gasteiger partial charge in [0.1, 0.15) is 0 Å². The molecule has 1 aliphatic heterocycles. The van der Waals surface area contributed by atoms with E-state index in [0.717, 1.165) is 11.8 Å². The smallest absolute Gasteiger partial charge is 0.0497 e. The summed E-state index contributed by atoms with van der Waals surface area (Å²) in [6.07, 6.45) is 1.25. The van der Waals surface area contributed by atoms with Crippen LogP contribution in [0.1, 0.15) is 37.4 Å². The number of thioether (sulfide) groups is 1. The molecule has 0 spiro atoms. The number of hydrogen-bond donors (Lipinski definition) is 1. The minimum absolute atomic E-state index is 0.170. The highest BCUT2D eigenvalue weighted by Crippen LogP contribution is 2.30. The predicted octanol–water partition coefficient (Wildman–Crippen LogP) is 3.21. The normalized spacial score (nSPS) is 24.1. The van der Waals surface area contributed by atoms with Gasteiger partial charge < -0.3 is 5.73 Å². The van der Waals surface area contributed by atoms with E-state index in [4.69, 9.17) is 5.73 Å². The van der Waals surface area contributed by atoms with Crippen molar-refractivity contribution in [2.24, 2.45) is 5.73 Å². The molecule has 0 aliphatic carbocycles. The zero-order valence-corrected chi connectivity index (χ0v) is 13.1. The fourth-order valence-corrected chi connectivity index (χ4v) is 4.06. The van der Waals surface area contributed by atoms with E-state index >= 15 is 0 Å². The van der Waals surface area contributed by atoms with Crippen molar-refractivity contribution < 1.29 is 0 Å². The number of nitrogens with zero attached hydrogens (tertiary/aromatic N) is 1. The van der Waals surface area contributed by atoms with E-state index in [1.165, 1.54) is 29.8 Å². The lowest BCUT2D eigenvalue weighted by Gasteiger charge is -2.40. The van der Waals surface area contributed by atoms with Crippen LogP contribution < -0.4 is 5.73 Å². The van der Waals surface area contributed by atoms with Crippen molar-refractivity contribution in [2.75, 3.05) is 18.8 Å². The summed E-state index contributed by atoms with van der Waals surface area (Å²) >= 11 is 2.11. The Balaban J connectivity index is 2.17. The maximum absolute atomic E-state index is 6.28. The summed E-state index contributed by atoms with van der Waals surface area (Å²) in [4.78, 5) is 2.58. The zero-order valence-electron chi connectivity index (χ0n) is 12.3. The van der Waals surface area contributed by atoms with Crippen molar-refractivity contribution in [1.29, 1.82) is 0 Å². The van der Waals surface area contributed by atoms with Crippen molar-refractivity contribution in [3.8, 4) is 0 Å². The molecule has 0 bridgehead atoms. The van der Waals surface area contributed by atoms with Crippen LogP contribution in [0.25, 0.3) is 0 Å². The maximum Gasteiger partial charge on any atom is 0.0497 e. The molecule has 1 aliphatic rings. The van der Waals surface area contributed by atoms with E-state index in [0.29, 0.717) is 6.04 Å². The Morgan fingerprint density at radius 3 is 2.63 bits per heavy atom. The van der Waals surface area contributed by atoms with Gasteiger partial charge in [0.05, 0.1) is 0 Å². The molecule has 19 heavy (non-hydrogen) atoms. The summed E-state index contributed by atoms with van der Waals surface area (Å²) in [6, 6.07) is 9.40. The summed E-state index contributed by atoms with van der Waals surface area (Å²) in [7, 11) is 0.